The van der Waals surface area contributed by atoms with E-state index in [1.165, 1.54) is 11.3 Å². The number of oxazole rings is 1. The number of aryl methyl sites for hydroxylation is 1. The van der Waals surface area contributed by atoms with Gasteiger partial charge in [-0.25, -0.2) is 4.98 Å². The summed E-state index contributed by atoms with van der Waals surface area (Å²) in [5.41, 5.74) is 0. The number of likely N-dealkylation sites (tertiary alicyclic amines) is 1. The molecule has 1 fully saturated rings. The topological polar surface area (TPSA) is 32.5 Å². The molecule has 1 aliphatic heterocycles. The van der Waals surface area contributed by atoms with Crippen molar-refractivity contribution >= 4 is 22.9 Å². The molecule has 0 aliphatic carbocycles. The number of halogens is 1. The Kier molecular flexibility index (Phi) is 4.64. The first-order valence-electron chi connectivity index (χ1n) is 7.18. The van der Waals surface area contributed by atoms with E-state index in [1.54, 1.807) is 17.5 Å². The summed E-state index contributed by atoms with van der Waals surface area (Å²) in [6.45, 7) is 5.93. The molecule has 0 unspecified atom stereocenters. The number of nitrogens with zero attached hydrogens (tertiary/aromatic N) is 3. The molecule has 21 heavy (non-hydrogen) atoms. The fraction of sp³-hybridized carbons (Fsp3) is 0.533. The molecule has 1 atom stereocenters. The van der Waals surface area contributed by atoms with E-state index in [1.807, 2.05) is 13.0 Å². The molecule has 2 aromatic heterocycles. The molecule has 4 nitrogen and oxygen atoms in total. The second kappa shape index (κ2) is 6.48. The number of aromatic nitrogens is 1. The third kappa shape index (κ3) is 3.86. The van der Waals surface area contributed by atoms with Crippen molar-refractivity contribution in [2.45, 2.75) is 32.5 Å². The molecular weight excluding hydrogens is 306 g/mol. The van der Waals surface area contributed by atoms with Gasteiger partial charge in [-0.15, -0.1) is 11.3 Å². The minimum absolute atomic E-state index is 0.563. The van der Waals surface area contributed by atoms with Crippen LogP contribution in [0.3, 0.4) is 0 Å². The Hall–Kier alpha value is -0.880. The van der Waals surface area contributed by atoms with Crippen LogP contribution in [0.5, 0.6) is 0 Å². The summed E-state index contributed by atoms with van der Waals surface area (Å²) >= 11 is 7.67. The van der Waals surface area contributed by atoms with E-state index in [4.69, 9.17) is 16.0 Å². The summed E-state index contributed by atoms with van der Waals surface area (Å²) < 4.78 is 6.43. The highest BCUT2D eigenvalue weighted by Gasteiger charge is 2.26. The van der Waals surface area contributed by atoms with Gasteiger partial charge in [0.15, 0.2) is 0 Å². The molecule has 114 valence electrons. The van der Waals surface area contributed by atoms with Crippen LogP contribution in [-0.4, -0.2) is 41.0 Å². The maximum absolute atomic E-state index is 5.99. The summed E-state index contributed by atoms with van der Waals surface area (Å²) in [7, 11) is 2.15. The highest BCUT2D eigenvalue weighted by Crippen LogP contribution is 2.25. The molecule has 3 rings (SSSR count). The molecule has 0 N–H and O–H groups in total. The van der Waals surface area contributed by atoms with Crippen molar-refractivity contribution in [2.24, 2.45) is 0 Å². The van der Waals surface area contributed by atoms with Crippen LogP contribution in [0, 0.1) is 6.92 Å². The van der Waals surface area contributed by atoms with E-state index in [-0.39, 0.29) is 0 Å². The molecule has 0 radical (unpaired) electrons. The first-order chi connectivity index (χ1) is 10.1. The third-order valence-corrected chi connectivity index (χ3v) is 5.15. The highest BCUT2D eigenvalue weighted by molar-refractivity contribution is 7.16. The zero-order valence-electron chi connectivity index (χ0n) is 12.4. The quantitative estimate of drug-likeness (QED) is 0.843. The molecule has 2 aromatic rings. The van der Waals surface area contributed by atoms with Crippen LogP contribution in [0.15, 0.2) is 22.7 Å². The van der Waals surface area contributed by atoms with E-state index in [0.29, 0.717) is 6.04 Å². The van der Waals surface area contributed by atoms with Gasteiger partial charge in [0.2, 0.25) is 5.89 Å². The second-order valence-electron chi connectivity index (χ2n) is 5.66. The number of thiophene rings is 1. The number of hydrogen-bond acceptors (Lipinski definition) is 5. The van der Waals surface area contributed by atoms with Gasteiger partial charge in [-0.2, -0.15) is 0 Å². The second-order valence-corrected chi connectivity index (χ2v) is 7.46. The molecule has 3 heterocycles. The lowest BCUT2D eigenvalue weighted by molar-refractivity contribution is 0.205. The molecule has 1 saturated heterocycles. The predicted molar refractivity (Wildman–Crippen MR) is 85.7 cm³/mol. The molecule has 0 aromatic carbocycles. The predicted octanol–water partition coefficient (Wildman–Crippen LogP) is 3.40. The van der Waals surface area contributed by atoms with Gasteiger partial charge in [-0.3, -0.25) is 9.80 Å². The standard InChI is InChI=1S/C15H20ClN3OS/c1-11-7-17-15(20-11)10-18(2)12-5-6-19(8-12)9-13-3-4-14(16)21-13/h3-4,7,12H,5-6,8-10H2,1-2H3/t12-/m1/s1. The number of hydrogen-bond donors (Lipinski definition) is 0. The lowest BCUT2D eigenvalue weighted by Crippen LogP contribution is -2.34. The zero-order valence-corrected chi connectivity index (χ0v) is 14.0. The lowest BCUT2D eigenvalue weighted by Gasteiger charge is -2.23. The maximum atomic E-state index is 5.99. The smallest absolute Gasteiger partial charge is 0.208 e. The molecule has 1 aliphatic rings. The van der Waals surface area contributed by atoms with Crippen molar-refractivity contribution in [3.63, 3.8) is 0 Å². The Bertz CT molecular complexity index is 597. The van der Waals surface area contributed by atoms with Gasteiger partial charge < -0.3 is 4.42 Å². The summed E-state index contributed by atoms with van der Waals surface area (Å²) in [6.07, 6.45) is 2.97. The SMILES string of the molecule is Cc1cnc(CN(C)[C@@H]2CCN(Cc3ccc(Cl)s3)C2)o1. The van der Waals surface area contributed by atoms with Crippen LogP contribution in [0.1, 0.15) is 22.9 Å². The Labute approximate surface area is 134 Å². The van der Waals surface area contributed by atoms with Gasteiger partial charge in [0.1, 0.15) is 5.76 Å². The van der Waals surface area contributed by atoms with Crippen LogP contribution < -0.4 is 0 Å². The third-order valence-electron chi connectivity index (χ3n) is 3.93. The van der Waals surface area contributed by atoms with Crippen LogP contribution in [0.25, 0.3) is 0 Å². The Morgan fingerprint density at radius 1 is 1.52 bits per heavy atom. The molecule has 0 amide bonds. The minimum Gasteiger partial charge on any atom is -0.445 e. The Balaban J connectivity index is 1.51. The highest BCUT2D eigenvalue weighted by atomic mass is 35.5. The van der Waals surface area contributed by atoms with Gasteiger partial charge in [-0.1, -0.05) is 11.6 Å². The first-order valence-corrected chi connectivity index (χ1v) is 8.38. The number of rotatable bonds is 5. The normalized spacial score (nSPS) is 19.7. The van der Waals surface area contributed by atoms with E-state index >= 15 is 0 Å². The summed E-state index contributed by atoms with van der Waals surface area (Å²) in [5, 5.41) is 0. The van der Waals surface area contributed by atoms with E-state index in [0.717, 1.165) is 42.2 Å². The summed E-state index contributed by atoms with van der Waals surface area (Å²) in [5.74, 6) is 1.68. The van der Waals surface area contributed by atoms with Gasteiger partial charge in [-0.05, 0) is 32.5 Å². The van der Waals surface area contributed by atoms with Crippen LogP contribution in [0.2, 0.25) is 4.34 Å². The van der Waals surface area contributed by atoms with E-state index < -0.39 is 0 Å². The first kappa shape index (κ1) is 15.0. The van der Waals surface area contributed by atoms with E-state index in [2.05, 4.69) is 27.9 Å². The number of likely N-dealkylation sites (N-methyl/N-ethyl adjacent to an activating group) is 1. The van der Waals surface area contributed by atoms with Crippen LogP contribution in [0.4, 0.5) is 0 Å². The molecule has 6 heteroatoms. The average molecular weight is 326 g/mol. The largest absolute Gasteiger partial charge is 0.445 e. The van der Waals surface area contributed by atoms with Gasteiger partial charge in [0, 0.05) is 30.6 Å². The van der Waals surface area contributed by atoms with Gasteiger partial charge in [0.05, 0.1) is 17.1 Å². The monoisotopic (exact) mass is 325 g/mol. The van der Waals surface area contributed by atoms with Gasteiger partial charge in [0.25, 0.3) is 0 Å². The minimum atomic E-state index is 0.563. The average Bonchev–Trinajstić information content (AvgIpc) is 3.13. The summed E-state index contributed by atoms with van der Waals surface area (Å²) in [6, 6.07) is 4.67. The maximum Gasteiger partial charge on any atom is 0.208 e. The van der Waals surface area contributed by atoms with Crippen molar-refractivity contribution in [3.05, 3.63) is 39.2 Å². The Morgan fingerprint density at radius 3 is 3.05 bits per heavy atom. The van der Waals surface area contributed by atoms with Crippen molar-refractivity contribution in [2.75, 3.05) is 20.1 Å². The summed E-state index contributed by atoms with van der Waals surface area (Å²) in [4.78, 5) is 10.5. The van der Waals surface area contributed by atoms with Crippen molar-refractivity contribution < 1.29 is 4.42 Å². The molecular formula is C15H20ClN3OS. The molecule has 0 bridgehead atoms. The Morgan fingerprint density at radius 2 is 2.38 bits per heavy atom. The van der Waals surface area contributed by atoms with Crippen LogP contribution in [-0.2, 0) is 13.1 Å². The van der Waals surface area contributed by atoms with Gasteiger partial charge >= 0.3 is 0 Å². The van der Waals surface area contributed by atoms with E-state index in [9.17, 15) is 0 Å². The zero-order chi connectivity index (χ0) is 14.8. The van der Waals surface area contributed by atoms with Crippen molar-refractivity contribution in [1.82, 2.24) is 14.8 Å². The fourth-order valence-electron chi connectivity index (χ4n) is 2.79. The molecule has 0 saturated carbocycles. The fourth-order valence-corrected chi connectivity index (χ4v) is 3.92. The molecule has 0 spiro atoms. The lowest BCUT2D eigenvalue weighted by atomic mass is 10.2. The van der Waals surface area contributed by atoms with Crippen molar-refractivity contribution in [3.8, 4) is 0 Å². The van der Waals surface area contributed by atoms with Crippen molar-refractivity contribution in [1.29, 1.82) is 0 Å². The van der Waals surface area contributed by atoms with Crippen LogP contribution >= 0.6 is 22.9 Å².